The molecule has 0 bridgehead atoms. The largest absolute Gasteiger partial charge is 0.504 e. The Morgan fingerprint density at radius 1 is 0.550 bits per heavy atom. The first-order valence-electron chi connectivity index (χ1n) is 13.1. The van der Waals surface area contributed by atoms with Gasteiger partial charge in [0.05, 0.1) is 5.56 Å². The number of phenols is 1. The highest BCUT2D eigenvalue weighted by atomic mass is 16.5. The Balaban J connectivity index is 1.55. The van der Waals surface area contributed by atoms with Crippen LogP contribution in [0.1, 0.15) is 38.2 Å². The van der Waals surface area contributed by atoms with E-state index < -0.39 is 5.97 Å². The lowest BCUT2D eigenvalue weighted by Crippen LogP contribution is -2.12. The van der Waals surface area contributed by atoms with Crippen LogP contribution in [0.3, 0.4) is 0 Å². The van der Waals surface area contributed by atoms with Crippen molar-refractivity contribution < 1.29 is 24.1 Å². The van der Waals surface area contributed by atoms with E-state index in [-0.39, 0.29) is 36.9 Å². The molecule has 5 rings (SSSR count). The van der Waals surface area contributed by atoms with Crippen LogP contribution in [-0.4, -0.2) is 11.1 Å². The summed E-state index contributed by atoms with van der Waals surface area (Å²) >= 11 is 0. The van der Waals surface area contributed by atoms with E-state index in [2.05, 4.69) is 0 Å². The molecule has 0 aliphatic carbocycles. The fraction of sp³-hybridized carbons (Fsp3) is 0.114. The smallest absolute Gasteiger partial charge is 0.339 e. The molecule has 0 saturated carbocycles. The third kappa shape index (κ3) is 6.88. The van der Waals surface area contributed by atoms with Gasteiger partial charge in [0.25, 0.3) is 0 Å². The standard InChI is InChI=1S/C35H30O5/c36-32-22-31(35(37)40-25-29-19-11-4-12-20-29)30(21-26-13-5-1-6-14-26)33(38-23-27-15-7-2-8-16-27)34(32)39-24-28-17-9-3-10-18-28/h1-20,22,36H,21,23-25H2. The van der Waals surface area contributed by atoms with E-state index in [1.54, 1.807) is 0 Å². The number of hydrogen-bond acceptors (Lipinski definition) is 5. The van der Waals surface area contributed by atoms with Crippen molar-refractivity contribution in [2.45, 2.75) is 26.2 Å². The van der Waals surface area contributed by atoms with Crippen LogP contribution in [0.5, 0.6) is 17.2 Å². The van der Waals surface area contributed by atoms with Gasteiger partial charge in [0.1, 0.15) is 19.8 Å². The Morgan fingerprint density at radius 2 is 0.975 bits per heavy atom. The van der Waals surface area contributed by atoms with Gasteiger partial charge >= 0.3 is 5.97 Å². The van der Waals surface area contributed by atoms with E-state index in [0.717, 1.165) is 22.3 Å². The molecule has 0 heterocycles. The van der Waals surface area contributed by atoms with Crippen LogP contribution in [0.2, 0.25) is 0 Å². The topological polar surface area (TPSA) is 65.0 Å². The van der Waals surface area contributed by atoms with Crippen LogP contribution < -0.4 is 9.47 Å². The zero-order valence-electron chi connectivity index (χ0n) is 22.0. The zero-order valence-corrected chi connectivity index (χ0v) is 22.0. The Labute approximate surface area is 234 Å². The quantitative estimate of drug-likeness (QED) is 0.179. The number of aromatic hydroxyl groups is 1. The predicted octanol–water partition coefficient (Wildman–Crippen LogP) is 7.50. The number of ether oxygens (including phenoxy) is 3. The summed E-state index contributed by atoms with van der Waals surface area (Å²) in [5.41, 5.74) is 4.54. The second-order valence-electron chi connectivity index (χ2n) is 9.35. The van der Waals surface area contributed by atoms with Crippen LogP contribution in [0.4, 0.5) is 0 Å². The fourth-order valence-electron chi connectivity index (χ4n) is 4.38. The van der Waals surface area contributed by atoms with E-state index in [1.165, 1.54) is 6.07 Å². The van der Waals surface area contributed by atoms with Crippen LogP contribution in [0.15, 0.2) is 127 Å². The SMILES string of the molecule is O=C(OCc1ccccc1)c1cc(O)c(OCc2ccccc2)c(OCc2ccccc2)c1Cc1ccccc1. The van der Waals surface area contributed by atoms with Crippen molar-refractivity contribution >= 4 is 5.97 Å². The molecule has 0 spiro atoms. The van der Waals surface area contributed by atoms with Crippen molar-refractivity contribution in [2.24, 2.45) is 0 Å². The van der Waals surface area contributed by atoms with Gasteiger partial charge in [-0.3, -0.25) is 0 Å². The molecule has 5 aromatic carbocycles. The molecule has 0 aliphatic rings. The highest BCUT2D eigenvalue weighted by Crippen LogP contribution is 2.44. The summed E-state index contributed by atoms with van der Waals surface area (Å²) in [5.74, 6) is -0.243. The minimum atomic E-state index is -0.552. The normalized spacial score (nSPS) is 10.6. The Kier molecular flexibility index (Phi) is 8.74. The van der Waals surface area contributed by atoms with Crippen LogP contribution in [0.25, 0.3) is 0 Å². The Morgan fingerprint density at radius 3 is 1.48 bits per heavy atom. The molecule has 0 atom stereocenters. The Bertz CT molecular complexity index is 1520. The van der Waals surface area contributed by atoms with E-state index in [0.29, 0.717) is 17.7 Å². The summed E-state index contributed by atoms with van der Waals surface area (Å²) < 4.78 is 18.2. The first kappa shape index (κ1) is 26.6. The molecule has 40 heavy (non-hydrogen) atoms. The highest BCUT2D eigenvalue weighted by Gasteiger charge is 2.26. The summed E-state index contributed by atoms with van der Waals surface area (Å²) in [7, 11) is 0. The van der Waals surface area contributed by atoms with Crippen LogP contribution in [0, 0.1) is 0 Å². The molecular weight excluding hydrogens is 500 g/mol. The molecular formula is C35H30O5. The number of esters is 1. The van der Waals surface area contributed by atoms with Gasteiger partial charge in [-0.1, -0.05) is 121 Å². The van der Waals surface area contributed by atoms with E-state index in [1.807, 2.05) is 121 Å². The van der Waals surface area contributed by atoms with Gasteiger partial charge in [-0.2, -0.15) is 0 Å². The molecule has 0 radical (unpaired) electrons. The molecule has 1 N–H and O–H groups in total. The number of hydrogen-bond donors (Lipinski definition) is 1. The lowest BCUT2D eigenvalue weighted by atomic mass is 9.97. The number of carbonyl (C=O) groups excluding carboxylic acids is 1. The second kappa shape index (κ2) is 13.2. The van der Waals surface area contributed by atoms with Crippen LogP contribution in [-0.2, 0) is 31.0 Å². The Hall–Kier alpha value is -5.03. The van der Waals surface area contributed by atoms with Gasteiger partial charge in [-0.25, -0.2) is 4.79 Å². The molecule has 5 heteroatoms. The molecule has 5 nitrogen and oxygen atoms in total. The van der Waals surface area contributed by atoms with E-state index in [9.17, 15) is 9.90 Å². The first-order valence-corrected chi connectivity index (χ1v) is 13.1. The van der Waals surface area contributed by atoms with Crippen molar-refractivity contribution in [3.63, 3.8) is 0 Å². The number of phenolic OH excluding ortho intramolecular Hbond substituents is 1. The van der Waals surface area contributed by atoms with Crippen molar-refractivity contribution in [3.8, 4) is 17.2 Å². The van der Waals surface area contributed by atoms with Crippen molar-refractivity contribution in [1.29, 1.82) is 0 Å². The highest BCUT2D eigenvalue weighted by molar-refractivity contribution is 5.93. The molecule has 200 valence electrons. The lowest BCUT2D eigenvalue weighted by Gasteiger charge is -2.21. The summed E-state index contributed by atoms with van der Waals surface area (Å²) in [6.07, 6.45) is 0.378. The van der Waals surface area contributed by atoms with Gasteiger partial charge in [-0.05, 0) is 28.3 Å². The summed E-state index contributed by atoms with van der Waals surface area (Å²) in [4.78, 5) is 13.5. The molecule has 5 aromatic rings. The summed E-state index contributed by atoms with van der Waals surface area (Å²) in [6.45, 7) is 0.558. The van der Waals surface area contributed by atoms with Crippen LogP contribution >= 0.6 is 0 Å². The molecule has 0 aromatic heterocycles. The van der Waals surface area contributed by atoms with Gasteiger partial charge in [0.15, 0.2) is 11.5 Å². The maximum Gasteiger partial charge on any atom is 0.339 e. The predicted molar refractivity (Wildman–Crippen MR) is 154 cm³/mol. The maximum atomic E-state index is 13.5. The minimum Gasteiger partial charge on any atom is -0.504 e. The number of rotatable bonds is 11. The first-order chi connectivity index (χ1) is 19.7. The van der Waals surface area contributed by atoms with Crippen molar-refractivity contribution in [3.05, 3.63) is 161 Å². The number of carbonyl (C=O) groups is 1. The molecule has 0 saturated heterocycles. The maximum absolute atomic E-state index is 13.5. The average Bonchev–Trinajstić information content (AvgIpc) is 3.01. The van der Waals surface area contributed by atoms with Crippen molar-refractivity contribution in [1.82, 2.24) is 0 Å². The van der Waals surface area contributed by atoms with Gasteiger partial charge < -0.3 is 19.3 Å². The fourth-order valence-corrected chi connectivity index (χ4v) is 4.38. The van der Waals surface area contributed by atoms with E-state index in [4.69, 9.17) is 14.2 Å². The lowest BCUT2D eigenvalue weighted by molar-refractivity contribution is 0.0470. The van der Waals surface area contributed by atoms with Gasteiger partial charge in [-0.15, -0.1) is 0 Å². The molecule has 0 amide bonds. The molecule has 0 aliphatic heterocycles. The van der Waals surface area contributed by atoms with Crippen molar-refractivity contribution in [2.75, 3.05) is 0 Å². The average molecular weight is 531 g/mol. The minimum absolute atomic E-state index is 0.109. The van der Waals surface area contributed by atoms with Gasteiger partial charge in [0.2, 0.25) is 5.75 Å². The summed E-state index contributed by atoms with van der Waals surface area (Å²) in [6, 6.07) is 40.1. The number of benzene rings is 5. The second-order valence-corrected chi connectivity index (χ2v) is 9.35. The monoisotopic (exact) mass is 530 g/mol. The third-order valence-electron chi connectivity index (χ3n) is 6.43. The molecule has 0 unspecified atom stereocenters. The van der Waals surface area contributed by atoms with Gasteiger partial charge in [0, 0.05) is 12.0 Å². The third-order valence-corrected chi connectivity index (χ3v) is 6.43. The van der Waals surface area contributed by atoms with E-state index >= 15 is 0 Å². The zero-order chi connectivity index (χ0) is 27.6. The summed E-state index contributed by atoms with van der Waals surface area (Å²) in [5, 5.41) is 11.2. The molecule has 0 fully saturated rings.